The van der Waals surface area contributed by atoms with Crippen LogP contribution in [-0.4, -0.2) is 54.4 Å². The van der Waals surface area contributed by atoms with Gasteiger partial charge in [-0.1, -0.05) is 483 Å². The molecule has 1 heterocycles. The number of nitrogens with one attached hydrogen (secondary N) is 3. The third-order valence-corrected chi connectivity index (χ3v) is 22.1. The zero-order chi connectivity index (χ0) is 94.7. The van der Waals surface area contributed by atoms with Crippen LogP contribution in [0.5, 0.6) is 0 Å². The third-order valence-electron chi connectivity index (χ3n) is 22.1. The fourth-order valence-electron chi connectivity index (χ4n) is 12.5. The Labute approximate surface area is 769 Å². The van der Waals surface area contributed by atoms with Crippen molar-refractivity contribution in [2.24, 2.45) is 66.0 Å². The SMILES string of the molecule is C.C.CC(C)(C)CCCCNC(=O)c1c2ccccc2nc2ccccc12.CCCC(C)(C)C.CCCCCC(C)(C)C.CCCCCC(C)(C)C.CCCCCC(C)(C)C.CCCCCCCC(C)(C)C.CCCCC[C@@H]([NH3+])C(=O)NCCC(C)(C)C.CCCCC[C@@H]([NH3+])C(=O)NCCCCC(C)(C)C.CC[C@@H](C)C(C)(C)C.CC[C@H](C)C(C)(C)C. The molecule has 1 aromatic heterocycles. The summed E-state index contributed by atoms with van der Waals surface area (Å²) in [6, 6.07) is 15.6. The van der Waals surface area contributed by atoms with Crippen molar-refractivity contribution >= 4 is 39.5 Å². The zero-order valence-electron chi connectivity index (χ0n) is 89.8. The number of carbonyl (C=O) groups is 3. The predicted octanol–water partition coefficient (Wildman–Crippen LogP) is 35.1. The number of nitrogens with zero attached hydrogens (tertiary/aromatic N) is 1. The Morgan fingerprint density at radius 1 is 0.295 bits per heavy atom. The summed E-state index contributed by atoms with van der Waals surface area (Å²) in [5.74, 6) is 1.93. The second-order valence-corrected chi connectivity index (χ2v) is 47.5. The number of quaternary nitrogens is 2. The molecule has 9 nitrogen and oxygen atoms in total. The largest absolute Gasteiger partial charge is 0.352 e. The lowest BCUT2D eigenvalue weighted by atomic mass is 9.81. The maximum atomic E-state index is 12.9. The molecule has 9 N–H and O–H groups in total. The van der Waals surface area contributed by atoms with Crippen LogP contribution in [0.25, 0.3) is 21.8 Å². The minimum Gasteiger partial charge on any atom is -0.352 e. The normalized spacial score (nSPS) is 12.7. The number of hydrogen-bond donors (Lipinski definition) is 5. The van der Waals surface area contributed by atoms with Crippen molar-refractivity contribution in [3.8, 4) is 0 Å². The molecule has 3 amide bonds. The van der Waals surface area contributed by atoms with E-state index in [4.69, 9.17) is 0 Å². The van der Waals surface area contributed by atoms with Crippen molar-refractivity contribution in [2.75, 3.05) is 19.6 Å². The second-order valence-electron chi connectivity index (χ2n) is 47.5. The molecular weight excluding hydrogens is 1490 g/mol. The standard InChI is InChI=1S/C22H26N2O.C15H32N2O.C13H28N2O.C11H24.3C9H20.2C8H18.C7H16.2CH4/c1-22(2,3)14-8-9-15-23-21(25)20-16-10-4-6-12-18(16)24-19-13-7-5-11-17(19)20;1-5-6-7-10-13(16)14(18)17-12-9-8-11-15(2,3)4;1-5-6-7-8-11(14)12(16)15-10-9-13(2,3)4;1-5-6-7-8-9-10-11(2,3)4;3*1-5-6-7-8-9(2,3)4;2*1-6-7(2)8(3,4)5;1-5-6-7(2,3)4;;/h4-7,10-13H,8-9,14-15H2,1-3H3,(H,23,25);13H,5-12,16H2,1-4H3,(H,17,18);11H,5-10,14H2,1-4H3,(H,15,16);5-10H2,1-4H3;3*5-8H2,1-4H3;2*7H,6H2,1-5H3;5-6H2,1-4H3;2*1H4/p+2/t;13-;11-;;;;;2*7-;;;/m.11....10.../s1. The average Bonchev–Trinajstić information content (AvgIpc) is 0.769. The van der Waals surface area contributed by atoms with Gasteiger partial charge >= 0.3 is 0 Å². The molecule has 3 rings (SSSR count). The maximum Gasteiger partial charge on any atom is 0.278 e. The van der Waals surface area contributed by atoms with Gasteiger partial charge in [0, 0.05) is 43.2 Å². The van der Waals surface area contributed by atoms with Gasteiger partial charge in [0.2, 0.25) is 0 Å². The van der Waals surface area contributed by atoms with E-state index in [-0.39, 0.29) is 50.1 Å². The Morgan fingerprint density at radius 3 is 0.779 bits per heavy atom. The monoisotopic (exact) mass is 1720 g/mol. The summed E-state index contributed by atoms with van der Waals surface area (Å²) < 4.78 is 0. The first kappa shape index (κ1) is 136. The first-order chi connectivity index (χ1) is 55.0. The van der Waals surface area contributed by atoms with Gasteiger partial charge in [0.1, 0.15) is 0 Å². The van der Waals surface area contributed by atoms with Crippen LogP contribution in [0, 0.1) is 66.0 Å². The molecule has 9 heteroatoms. The van der Waals surface area contributed by atoms with Gasteiger partial charge in [-0.05, 0) is 155 Å². The van der Waals surface area contributed by atoms with Crippen LogP contribution in [0.2, 0.25) is 0 Å². The minimum absolute atomic E-state index is 0. The van der Waals surface area contributed by atoms with Gasteiger partial charge in [0.15, 0.2) is 12.1 Å². The van der Waals surface area contributed by atoms with Crippen molar-refractivity contribution in [3.05, 3.63) is 54.1 Å². The smallest absolute Gasteiger partial charge is 0.278 e. The fourth-order valence-corrected chi connectivity index (χ4v) is 12.5. The molecule has 730 valence electrons. The zero-order valence-corrected chi connectivity index (χ0v) is 89.8. The minimum atomic E-state index is -0.0773. The van der Waals surface area contributed by atoms with E-state index < -0.39 is 0 Å². The maximum absolute atomic E-state index is 12.9. The molecule has 0 aliphatic rings. The summed E-state index contributed by atoms with van der Waals surface area (Å²) in [6.07, 6.45) is 46.9. The van der Waals surface area contributed by atoms with Crippen LogP contribution in [0.3, 0.4) is 0 Å². The predicted molar refractivity (Wildman–Crippen MR) is 559 cm³/mol. The highest BCUT2D eigenvalue weighted by atomic mass is 16.2. The molecule has 0 aliphatic heterocycles. The lowest BCUT2D eigenvalue weighted by molar-refractivity contribution is -0.405. The number of aromatic nitrogens is 1. The average molecular weight is 1720 g/mol. The quantitative estimate of drug-likeness (QED) is 0.0286. The highest BCUT2D eigenvalue weighted by Gasteiger charge is 2.22. The molecule has 0 spiro atoms. The topological polar surface area (TPSA) is 155 Å². The number of benzene rings is 2. The van der Waals surface area contributed by atoms with Crippen LogP contribution in [0.1, 0.15) is 547 Å². The number of unbranched alkanes of at least 4 members (excludes halogenated alkanes) is 16. The van der Waals surface area contributed by atoms with E-state index >= 15 is 0 Å². The summed E-state index contributed by atoms with van der Waals surface area (Å²) in [6.45, 7) is 95.4. The van der Waals surface area contributed by atoms with Crippen molar-refractivity contribution in [3.63, 3.8) is 0 Å². The molecule has 0 saturated heterocycles. The van der Waals surface area contributed by atoms with Crippen LogP contribution in [0.15, 0.2) is 48.5 Å². The highest BCUT2D eigenvalue weighted by molar-refractivity contribution is 6.16. The van der Waals surface area contributed by atoms with Gasteiger partial charge in [0.25, 0.3) is 17.7 Å². The first-order valence-electron chi connectivity index (χ1n) is 50.2. The van der Waals surface area contributed by atoms with Gasteiger partial charge in [-0.25, -0.2) is 4.98 Å². The van der Waals surface area contributed by atoms with Gasteiger partial charge in [-0.15, -0.1) is 0 Å². The van der Waals surface area contributed by atoms with Gasteiger partial charge in [-0.3, -0.25) is 14.4 Å². The first-order valence-corrected chi connectivity index (χ1v) is 50.2. The summed E-state index contributed by atoms with van der Waals surface area (Å²) in [7, 11) is 0. The lowest BCUT2D eigenvalue weighted by Crippen LogP contribution is -2.67. The molecule has 4 atom stereocenters. The van der Waals surface area contributed by atoms with E-state index in [1.165, 1.54) is 186 Å². The van der Waals surface area contributed by atoms with Gasteiger partial charge in [-0.2, -0.15) is 0 Å². The van der Waals surface area contributed by atoms with Crippen molar-refractivity contribution in [1.82, 2.24) is 20.9 Å². The van der Waals surface area contributed by atoms with Gasteiger partial charge < -0.3 is 27.4 Å². The summed E-state index contributed by atoms with van der Waals surface area (Å²) >= 11 is 0. The third kappa shape index (κ3) is 102. The van der Waals surface area contributed by atoms with E-state index in [0.717, 1.165) is 104 Å². The number of fused-ring (bicyclic) bond motifs is 2. The molecule has 3 aromatic rings. The van der Waals surface area contributed by atoms with E-state index in [1.54, 1.807) is 0 Å². The second kappa shape index (κ2) is 76.3. The van der Waals surface area contributed by atoms with E-state index in [2.05, 4.69) is 316 Å². The Bertz CT molecular complexity index is 2680. The summed E-state index contributed by atoms with van der Waals surface area (Å²) in [4.78, 5) is 40.9. The molecule has 0 aliphatic carbocycles. The van der Waals surface area contributed by atoms with Crippen LogP contribution >= 0.6 is 0 Å². The number of para-hydroxylation sites is 2. The molecule has 2 aromatic carbocycles. The number of pyridine rings is 1. The number of carbonyl (C=O) groups excluding carboxylic acids is 3. The van der Waals surface area contributed by atoms with Crippen molar-refractivity contribution < 1.29 is 25.9 Å². The Kier molecular flexibility index (Phi) is 85.3. The van der Waals surface area contributed by atoms with Crippen LogP contribution in [0.4, 0.5) is 0 Å². The van der Waals surface area contributed by atoms with Gasteiger partial charge in [0.05, 0.1) is 16.6 Å². The Balaban J connectivity index is -0.000000171. The Hall–Kier alpha value is -3.56. The van der Waals surface area contributed by atoms with Crippen molar-refractivity contribution in [2.45, 2.75) is 548 Å². The molecule has 0 bridgehead atoms. The molecule has 0 radical (unpaired) electrons. The summed E-state index contributed by atoms with van der Waals surface area (Å²) in [5.41, 5.74) is 15.1. The molecule has 0 saturated carbocycles. The highest BCUT2D eigenvalue weighted by Crippen LogP contribution is 2.31. The molecule has 122 heavy (non-hydrogen) atoms. The Morgan fingerprint density at radius 2 is 0.533 bits per heavy atom. The molecule has 0 unspecified atom stereocenters. The van der Waals surface area contributed by atoms with E-state index in [0.29, 0.717) is 55.3 Å². The number of rotatable bonds is 38. The lowest BCUT2D eigenvalue weighted by Gasteiger charge is -2.25. The fraction of sp³-hybridized carbons (Fsp3) is 0.858. The molecular formula is C113H232N6O3+2. The van der Waals surface area contributed by atoms with Crippen LogP contribution < -0.4 is 27.4 Å². The van der Waals surface area contributed by atoms with Crippen LogP contribution in [-0.2, 0) is 9.59 Å². The number of amides is 3. The number of hydrogen-bond acceptors (Lipinski definition) is 4. The van der Waals surface area contributed by atoms with E-state index in [9.17, 15) is 14.4 Å². The summed E-state index contributed by atoms with van der Waals surface area (Å²) in [5, 5.41) is 10.9. The molecule has 0 fully saturated rings. The van der Waals surface area contributed by atoms with E-state index in [1.807, 2.05) is 48.5 Å². The van der Waals surface area contributed by atoms with Crippen molar-refractivity contribution in [1.29, 1.82) is 0 Å².